The van der Waals surface area contributed by atoms with E-state index in [1.54, 1.807) is 0 Å². The molecule has 78 valence electrons. The lowest BCUT2D eigenvalue weighted by Crippen LogP contribution is -2.47. The Balaban J connectivity index is 2.14. The first-order valence-corrected chi connectivity index (χ1v) is 5.30. The molecule has 1 aliphatic heterocycles. The number of nitrogens with zero attached hydrogens (tertiary/aromatic N) is 2. The van der Waals surface area contributed by atoms with E-state index >= 15 is 0 Å². The van der Waals surface area contributed by atoms with Gasteiger partial charge in [-0.25, -0.2) is 0 Å². The van der Waals surface area contributed by atoms with Gasteiger partial charge in [0, 0.05) is 32.7 Å². The Morgan fingerprint density at radius 3 is 2.46 bits per heavy atom. The van der Waals surface area contributed by atoms with E-state index < -0.39 is 0 Å². The van der Waals surface area contributed by atoms with Crippen LogP contribution in [0.3, 0.4) is 0 Å². The summed E-state index contributed by atoms with van der Waals surface area (Å²) in [7, 11) is 2.21. The van der Waals surface area contributed by atoms with Crippen molar-refractivity contribution in [2.75, 3.05) is 46.4 Å². The highest BCUT2D eigenvalue weighted by molar-refractivity contribution is 4.67. The molecule has 0 bridgehead atoms. The SMILES string of the molecule is CC(C)CN(C)CN1CCNCC1. The van der Waals surface area contributed by atoms with Crippen molar-refractivity contribution in [3.63, 3.8) is 0 Å². The van der Waals surface area contributed by atoms with Crippen molar-refractivity contribution in [1.82, 2.24) is 15.1 Å². The molecule has 1 rings (SSSR count). The predicted octanol–water partition coefficient (Wildman–Crippen LogP) is 0.437. The van der Waals surface area contributed by atoms with Crippen LogP contribution >= 0.6 is 0 Å². The van der Waals surface area contributed by atoms with Crippen LogP contribution in [-0.2, 0) is 0 Å². The molecule has 0 amide bonds. The Morgan fingerprint density at radius 1 is 1.31 bits per heavy atom. The number of nitrogens with one attached hydrogen (secondary N) is 1. The third-order valence-corrected chi connectivity index (χ3v) is 2.33. The van der Waals surface area contributed by atoms with Crippen LogP contribution in [0.15, 0.2) is 0 Å². The molecule has 1 N–H and O–H groups in total. The summed E-state index contributed by atoms with van der Waals surface area (Å²) in [5.74, 6) is 0.771. The van der Waals surface area contributed by atoms with E-state index in [1.165, 1.54) is 19.6 Å². The van der Waals surface area contributed by atoms with Crippen LogP contribution in [0.4, 0.5) is 0 Å². The highest BCUT2D eigenvalue weighted by Crippen LogP contribution is 1.99. The van der Waals surface area contributed by atoms with Gasteiger partial charge in [-0.1, -0.05) is 13.8 Å². The van der Waals surface area contributed by atoms with Crippen LogP contribution < -0.4 is 5.32 Å². The van der Waals surface area contributed by atoms with Gasteiger partial charge >= 0.3 is 0 Å². The third kappa shape index (κ3) is 4.60. The third-order valence-electron chi connectivity index (χ3n) is 2.33. The molecule has 0 aromatic rings. The molecule has 1 fully saturated rings. The molecule has 0 saturated carbocycles. The number of hydrogen-bond acceptors (Lipinski definition) is 3. The maximum atomic E-state index is 3.37. The number of rotatable bonds is 4. The molecule has 0 radical (unpaired) electrons. The van der Waals surface area contributed by atoms with Crippen molar-refractivity contribution in [2.24, 2.45) is 5.92 Å². The standard InChI is InChI=1S/C10H23N3/c1-10(2)8-12(3)9-13-6-4-11-5-7-13/h10-11H,4-9H2,1-3H3. The van der Waals surface area contributed by atoms with Gasteiger partial charge in [-0.2, -0.15) is 0 Å². The molecular weight excluding hydrogens is 162 g/mol. The lowest BCUT2D eigenvalue weighted by Gasteiger charge is -2.31. The van der Waals surface area contributed by atoms with E-state index in [0.717, 1.165) is 25.7 Å². The van der Waals surface area contributed by atoms with E-state index in [0.29, 0.717) is 0 Å². The zero-order chi connectivity index (χ0) is 9.68. The van der Waals surface area contributed by atoms with Crippen molar-refractivity contribution in [3.8, 4) is 0 Å². The maximum Gasteiger partial charge on any atom is 0.0504 e. The minimum absolute atomic E-state index is 0.771. The first-order valence-electron chi connectivity index (χ1n) is 5.30. The molecule has 1 heterocycles. The second-order valence-electron chi connectivity index (χ2n) is 4.44. The quantitative estimate of drug-likeness (QED) is 0.685. The van der Waals surface area contributed by atoms with Crippen LogP contribution in [0.2, 0.25) is 0 Å². The summed E-state index contributed by atoms with van der Waals surface area (Å²) in [5.41, 5.74) is 0. The van der Waals surface area contributed by atoms with E-state index in [2.05, 4.69) is 36.0 Å². The largest absolute Gasteiger partial charge is 0.314 e. The van der Waals surface area contributed by atoms with Crippen molar-refractivity contribution in [3.05, 3.63) is 0 Å². The van der Waals surface area contributed by atoms with Gasteiger partial charge in [0.1, 0.15) is 0 Å². The minimum atomic E-state index is 0.771. The predicted molar refractivity (Wildman–Crippen MR) is 56.8 cm³/mol. The van der Waals surface area contributed by atoms with Crippen molar-refractivity contribution in [2.45, 2.75) is 13.8 Å². The summed E-state index contributed by atoms with van der Waals surface area (Å²) >= 11 is 0. The van der Waals surface area contributed by atoms with Crippen molar-refractivity contribution < 1.29 is 0 Å². The monoisotopic (exact) mass is 185 g/mol. The molecule has 0 aromatic carbocycles. The molecule has 0 unspecified atom stereocenters. The zero-order valence-electron chi connectivity index (χ0n) is 9.21. The first kappa shape index (κ1) is 11.0. The van der Waals surface area contributed by atoms with Crippen LogP contribution in [0.1, 0.15) is 13.8 Å². The Hall–Kier alpha value is -0.120. The fourth-order valence-corrected chi connectivity index (χ4v) is 1.88. The summed E-state index contributed by atoms with van der Waals surface area (Å²) < 4.78 is 0. The summed E-state index contributed by atoms with van der Waals surface area (Å²) in [5, 5.41) is 3.37. The van der Waals surface area contributed by atoms with Crippen molar-refractivity contribution in [1.29, 1.82) is 0 Å². The van der Waals surface area contributed by atoms with Crippen LogP contribution in [-0.4, -0.2) is 56.2 Å². The lowest BCUT2D eigenvalue weighted by atomic mass is 10.2. The summed E-state index contributed by atoms with van der Waals surface area (Å²) in [6.45, 7) is 11.6. The highest BCUT2D eigenvalue weighted by Gasteiger charge is 2.11. The lowest BCUT2D eigenvalue weighted by molar-refractivity contribution is 0.130. The Morgan fingerprint density at radius 2 is 1.92 bits per heavy atom. The fraction of sp³-hybridized carbons (Fsp3) is 1.00. The van der Waals surface area contributed by atoms with Gasteiger partial charge in [0.2, 0.25) is 0 Å². The molecule has 3 heteroatoms. The summed E-state index contributed by atoms with van der Waals surface area (Å²) in [6, 6.07) is 0. The van der Waals surface area contributed by atoms with Crippen molar-refractivity contribution >= 4 is 0 Å². The summed E-state index contributed by atoms with van der Waals surface area (Å²) in [6.07, 6.45) is 0. The minimum Gasteiger partial charge on any atom is -0.314 e. The molecule has 0 aliphatic carbocycles. The second-order valence-corrected chi connectivity index (χ2v) is 4.44. The molecule has 1 saturated heterocycles. The van der Waals surface area contributed by atoms with Gasteiger partial charge in [0.05, 0.1) is 6.67 Å². The van der Waals surface area contributed by atoms with E-state index in [4.69, 9.17) is 0 Å². The van der Waals surface area contributed by atoms with E-state index in [-0.39, 0.29) is 0 Å². The maximum absolute atomic E-state index is 3.37. The Labute approximate surface area is 82.1 Å². The fourth-order valence-electron chi connectivity index (χ4n) is 1.88. The van der Waals surface area contributed by atoms with Gasteiger partial charge < -0.3 is 5.32 Å². The molecule has 0 aromatic heterocycles. The van der Waals surface area contributed by atoms with Crippen LogP contribution in [0, 0.1) is 5.92 Å². The second kappa shape index (κ2) is 5.58. The molecule has 1 aliphatic rings. The van der Waals surface area contributed by atoms with Gasteiger partial charge in [0.25, 0.3) is 0 Å². The van der Waals surface area contributed by atoms with Gasteiger partial charge in [0.15, 0.2) is 0 Å². The van der Waals surface area contributed by atoms with Gasteiger partial charge in [-0.15, -0.1) is 0 Å². The smallest absolute Gasteiger partial charge is 0.0504 e. The Bertz CT molecular complexity index is 130. The van der Waals surface area contributed by atoms with Crippen LogP contribution in [0.25, 0.3) is 0 Å². The van der Waals surface area contributed by atoms with Crippen LogP contribution in [0.5, 0.6) is 0 Å². The van der Waals surface area contributed by atoms with Gasteiger partial charge in [-0.3, -0.25) is 9.80 Å². The topological polar surface area (TPSA) is 18.5 Å². The highest BCUT2D eigenvalue weighted by atomic mass is 15.3. The molecule has 13 heavy (non-hydrogen) atoms. The molecule has 0 spiro atoms. The van der Waals surface area contributed by atoms with E-state index in [9.17, 15) is 0 Å². The molecular formula is C10H23N3. The normalized spacial score (nSPS) is 20.1. The number of hydrogen-bond donors (Lipinski definition) is 1. The zero-order valence-corrected chi connectivity index (χ0v) is 9.21. The average Bonchev–Trinajstić information content (AvgIpc) is 2.04. The Kier molecular flexibility index (Phi) is 4.70. The van der Waals surface area contributed by atoms with Gasteiger partial charge in [-0.05, 0) is 13.0 Å². The number of piperazine rings is 1. The molecule has 3 nitrogen and oxygen atoms in total. The average molecular weight is 185 g/mol. The first-order chi connectivity index (χ1) is 6.18. The molecule has 0 atom stereocenters. The van der Waals surface area contributed by atoms with E-state index in [1.807, 2.05) is 0 Å². The summed E-state index contributed by atoms with van der Waals surface area (Å²) in [4.78, 5) is 4.93.